The molecule has 21 heavy (non-hydrogen) atoms. The molecule has 0 unspecified atom stereocenters. The van der Waals surface area contributed by atoms with E-state index >= 15 is 0 Å². The fourth-order valence-electron chi connectivity index (χ4n) is 2.71. The van der Waals surface area contributed by atoms with Crippen LogP contribution in [-0.4, -0.2) is 29.1 Å². The first kappa shape index (κ1) is 16.2. The van der Waals surface area contributed by atoms with Crippen molar-refractivity contribution in [3.8, 4) is 0 Å². The van der Waals surface area contributed by atoms with E-state index in [1.165, 1.54) is 31.4 Å². The van der Waals surface area contributed by atoms with E-state index in [9.17, 15) is 0 Å². The van der Waals surface area contributed by atoms with Crippen LogP contribution in [0.15, 0.2) is 6.20 Å². The zero-order valence-electron chi connectivity index (χ0n) is 14.0. The van der Waals surface area contributed by atoms with Crippen molar-refractivity contribution in [1.29, 1.82) is 0 Å². The number of nitrogens with zero attached hydrogens (tertiary/aromatic N) is 3. The quantitative estimate of drug-likeness (QED) is 0.901. The van der Waals surface area contributed by atoms with Crippen LogP contribution in [0, 0.1) is 0 Å². The van der Waals surface area contributed by atoms with E-state index in [0.717, 1.165) is 31.2 Å². The van der Waals surface area contributed by atoms with E-state index in [0.29, 0.717) is 12.0 Å². The van der Waals surface area contributed by atoms with Crippen LogP contribution in [0.3, 0.4) is 0 Å². The Hall–Kier alpha value is -1.16. The molecule has 0 spiro atoms. The summed E-state index contributed by atoms with van der Waals surface area (Å²) in [7, 11) is 0. The number of hydrogen-bond acceptors (Lipinski definition) is 4. The molecule has 1 aliphatic heterocycles. The van der Waals surface area contributed by atoms with E-state index < -0.39 is 0 Å². The van der Waals surface area contributed by atoms with Crippen LogP contribution in [0.2, 0.25) is 0 Å². The molecule has 0 radical (unpaired) electrons. The van der Waals surface area contributed by atoms with Crippen molar-refractivity contribution in [1.82, 2.24) is 15.3 Å². The molecule has 2 heterocycles. The average Bonchev–Trinajstić information content (AvgIpc) is 2.73. The summed E-state index contributed by atoms with van der Waals surface area (Å²) in [6, 6.07) is 0.472. The molecule has 1 aliphatic rings. The highest BCUT2D eigenvalue weighted by Gasteiger charge is 2.17. The average molecular weight is 290 g/mol. The standard InChI is InChI=1S/C17H30N4/c1-13(2)17-19-12-16(15(20-17)11-18-14(3)4)21-9-7-5-6-8-10-21/h12-14,18H,5-11H2,1-4H3. The molecule has 0 amide bonds. The van der Waals surface area contributed by atoms with Gasteiger partial charge in [0.05, 0.1) is 17.6 Å². The summed E-state index contributed by atoms with van der Waals surface area (Å²) in [5.41, 5.74) is 2.39. The van der Waals surface area contributed by atoms with Crippen LogP contribution in [0.1, 0.15) is 70.8 Å². The molecule has 118 valence electrons. The van der Waals surface area contributed by atoms with Crippen molar-refractivity contribution >= 4 is 5.69 Å². The lowest BCUT2D eigenvalue weighted by atomic mass is 10.2. The summed E-state index contributed by atoms with van der Waals surface area (Å²) < 4.78 is 0. The lowest BCUT2D eigenvalue weighted by Gasteiger charge is -2.25. The minimum atomic E-state index is 0.376. The van der Waals surface area contributed by atoms with Crippen molar-refractivity contribution in [2.45, 2.75) is 71.9 Å². The SMILES string of the molecule is CC(C)NCc1nc(C(C)C)ncc1N1CCCCCC1. The lowest BCUT2D eigenvalue weighted by Crippen LogP contribution is -2.29. The third-order valence-electron chi connectivity index (χ3n) is 4.01. The highest BCUT2D eigenvalue weighted by Crippen LogP contribution is 2.23. The summed E-state index contributed by atoms with van der Waals surface area (Å²) in [6.07, 6.45) is 7.30. The molecule has 0 saturated carbocycles. The van der Waals surface area contributed by atoms with Crippen LogP contribution in [0.5, 0.6) is 0 Å². The van der Waals surface area contributed by atoms with Crippen molar-refractivity contribution < 1.29 is 0 Å². The van der Waals surface area contributed by atoms with E-state index in [-0.39, 0.29) is 0 Å². The van der Waals surface area contributed by atoms with Gasteiger partial charge in [-0.2, -0.15) is 0 Å². The van der Waals surface area contributed by atoms with Crippen LogP contribution in [-0.2, 0) is 6.54 Å². The number of aromatic nitrogens is 2. The Bertz CT molecular complexity index is 434. The van der Waals surface area contributed by atoms with Gasteiger partial charge in [-0.1, -0.05) is 40.5 Å². The third-order valence-corrected chi connectivity index (χ3v) is 4.01. The Morgan fingerprint density at radius 3 is 2.33 bits per heavy atom. The summed E-state index contributed by atoms with van der Waals surface area (Å²) in [6.45, 7) is 11.8. The van der Waals surface area contributed by atoms with Gasteiger partial charge < -0.3 is 10.2 Å². The molecule has 0 aliphatic carbocycles. The van der Waals surface area contributed by atoms with Crippen LogP contribution in [0.4, 0.5) is 5.69 Å². The van der Waals surface area contributed by atoms with Crippen LogP contribution in [0.25, 0.3) is 0 Å². The molecule has 1 fully saturated rings. The molecule has 0 bridgehead atoms. The van der Waals surface area contributed by atoms with E-state index in [4.69, 9.17) is 4.98 Å². The topological polar surface area (TPSA) is 41.1 Å². The number of rotatable bonds is 5. The molecule has 1 aromatic rings. The largest absolute Gasteiger partial charge is 0.369 e. The first-order valence-corrected chi connectivity index (χ1v) is 8.42. The van der Waals surface area contributed by atoms with E-state index in [1.807, 2.05) is 6.20 Å². The van der Waals surface area contributed by atoms with Gasteiger partial charge in [0.2, 0.25) is 0 Å². The van der Waals surface area contributed by atoms with E-state index in [1.54, 1.807) is 0 Å². The maximum atomic E-state index is 4.83. The maximum Gasteiger partial charge on any atom is 0.131 e. The van der Waals surface area contributed by atoms with Gasteiger partial charge in [-0.25, -0.2) is 9.97 Å². The van der Waals surface area contributed by atoms with Crippen molar-refractivity contribution in [2.24, 2.45) is 0 Å². The molecule has 0 atom stereocenters. The second kappa shape index (κ2) is 7.74. The number of hydrogen-bond donors (Lipinski definition) is 1. The molecule has 2 rings (SSSR count). The summed E-state index contributed by atoms with van der Waals surface area (Å²) in [5.74, 6) is 1.33. The minimum absolute atomic E-state index is 0.376. The van der Waals surface area contributed by atoms with Gasteiger partial charge in [-0.05, 0) is 12.8 Å². The van der Waals surface area contributed by atoms with Crippen molar-refractivity contribution in [2.75, 3.05) is 18.0 Å². The Morgan fingerprint density at radius 2 is 1.76 bits per heavy atom. The van der Waals surface area contributed by atoms with Crippen molar-refractivity contribution in [3.05, 3.63) is 17.7 Å². The molecular formula is C17H30N4. The van der Waals surface area contributed by atoms with Gasteiger partial charge in [-0.3, -0.25) is 0 Å². The lowest BCUT2D eigenvalue weighted by molar-refractivity contribution is 0.575. The summed E-state index contributed by atoms with van der Waals surface area (Å²) >= 11 is 0. The van der Waals surface area contributed by atoms with Gasteiger partial charge in [0.25, 0.3) is 0 Å². The highest BCUT2D eigenvalue weighted by molar-refractivity contribution is 5.49. The zero-order chi connectivity index (χ0) is 15.2. The summed E-state index contributed by atoms with van der Waals surface area (Å²) in [5, 5.41) is 3.51. The molecule has 4 heteroatoms. The van der Waals surface area contributed by atoms with Crippen molar-refractivity contribution in [3.63, 3.8) is 0 Å². The molecular weight excluding hydrogens is 260 g/mol. The first-order chi connectivity index (χ1) is 10.1. The second-order valence-electron chi connectivity index (χ2n) is 6.65. The van der Waals surface area contributed by atoms with Crippen LogP contribution >= 0.6 is 0 Å². The van der Waals surface area contributed by atoms with Gasteiger partial charge >= 0.3 is 0 Å². The Balaban J connectivity index is 2.24. The molecule has 4 nitrogen and oxygen atoms in total. The Labute approximate surface area is 129 Å². The maximum absolute atomic E-state index is 4.83. The predicted molar refractivity (Wildman–Crippen MR) is 88.8 cm³/mol. The van der Waals surface area contributed by atoms with Crippen LogP contribution < -0.4 is 10.2 Å². The monoisotopic (exact) mass is 290 g/mol. The fraction of sp³-hybridized carbons (Fsp3) is 0.765. The molecule has 1 aromatic heterocycles. The summed E-state index contributed by atoms with van der Waals surface area (Å²) in [4.78, 5) is 11.9. The normalized spacial score (nSPS) is 16.6. The van der Waals surface area contributed by atoms with Gasteiger partial charge in [0, 0.05) is 31.6 Å². The third kappa shape index (κ3) is 4.67. The zero-order valence-corrected chi connectivity index (χ0v) is 14.0. The van der Waals surface area contributed by atoms with Gasteiger partial charge in [0.15, 0.2) is 0 Å². The minimum Gasteiger partial charge on any atom is -0.369 e. The molecule has 1 saturated heterocycles. The predicted octanol–water partition coefficient (Wildman–Crippen LogP) is 3.48. The molecule has 1 N–H and O–H groups in total. The Morgan fingerprint density at radius 1 is 1.10 bits per heavy atom. The van der Waals surface area contributed by atoms with Gasteiger partial charge in [0.1, 0.15) is 5.82 Å². The fourth-order valence-corrected chi connectivity index (χ4v) is 2.71. The van der Waals surface area contributed by atoms with Gasteiger partial charge in [-0.15, -0.1) is 0 Å². The highest BCUT2D eigenvalue weighted by atomic mass is 15.2. The number of anilines is 1. The second-order valence-corrected chi connectivity index (χ2v) is 6.65. The number of nitrogens with one attached hydrogen (secondary N) is 1. The van der Waals surface area contributed by atoms with E-state index in [2.05, 4.69) is 42.9 Å². The Kier molecular flexibility index (Phi) is 5.97. The smallest absolute Gasteiger partial charge is 0.131 e. The molecule has 0 aromatic carbocycles. The first-order valence-electron chi connectivity index (χ1n) is 8.42.